The second-order valence-corrected chi connectivity index (χ2v) is 5.61. The monoisotopic (exact) mass is 354 g/mol. The summed E-state index contributed by atoms with van der Waals surface area (Å²) in [5.41, 5.74) is 1.78. The summed E-state index contributed by atoms with van der Waals surface area (Å²) in [6.45, 7) is 4.48. The molecule has 1 amide bonds. The van der Waals surface area contributed by atoms with E-state index in [1.165, 1.54) is 5.01 Å². The van der Waals surface area contributed by atoms with Gasteiger partial charge in [0.2, 0.25) is 0 Å². The number of ether oxygens (including phenoxy) is 2. The molecule has 1 aliphatic rings. The predicted molar refractivity (Wildman–Crippen MR) is 84.6 cm³/mol. The van der Waals surface area contributed by atoms with Gasteiger partial charge in [-0.15, -0.1) is 0 Å². The van der Waals surface area contributed by atoms with E-state index in [9.17, 15) is 4.79 Å². The molecular weight excluding hydrogens is 336 g/mol. The minimum absolute atomic E-state index is 0.0297. The molecule has 1 aliphatic heterocycles. The van der Waals surface area contributed by atoms with Crippen molar-refractivity contribution in [2.75, 3.05) is 13.2 Å². The summed E-state index contributed by atoms with van der Waals surface area (Å²) in [5.74, 6) is 0. The normalized spacial score (nSPS) is 21.9. The van der Waals surface area contributed by atoms with Crippen molar-refractivity contribution in [3.8, 4) is 0 Å². The van der Waals surface area contributed by atoms with E-state index in [1.807, 2.05) is 37.3 Å². The minimum Gasteiger partial charge on any atom is -0.448 e. The standard InChI is InChI=1S/C15H19BrN2O3/c1-3-20-13-10-12(16)14(11-8-6-5-7-9-11)17-18(13)15(19)21-4-2/h5-9,12-13H,3-4,10H2,1-2H3/t12-,13+/m1/s1. The third-order valence-corrected chi connectivity index (χ3v) is 3.88. The number of carbonyl (C=O) groups excluding carboxylic acids is 1. The van der Waals surface area contributed by atoms with Crippen molar-refractivity contribution in [1.29, 1.82) is 0 Å². The topological polar surface area (TPSA) is 51.1 Å². The Morgan fingerprint density at radius 2 is 2.05 bits per heavy atom. The number of alkyl halides is 1. The SMILES string of the molecule is CCOC(=O)N1N=C(c2ccccc2)[C@H](Br)C[C@@H]1OCC. The van der Waals surface area contributed by atoms with Crippen LogP contribution in [0, 0.1) is 0 Å². The van der Waals surface area contributed by atoms with Crippen LogP contribution in [-0.4, -0.2) is 41.1 Å². The lowest BCUT2D eigenvalue weighted by molar-refractivity contribution is -0.0543. The summed E-state index contributed by atoms with van der Waals surface area (Å²) >= 11 is 3.63. The molecule has 0 aliphatic carbocycles. The minimum atomic E-state index is -0.483. The van der Waals surface area contributed by atoms with Gasteiger partial charge in [-0.3, -0.25) is 0 Å². The number of carbonyl (C=O) groups is 1. The molecule has 2 rings (SSSR count). The molecule has 1 aromatic carbocycles. The largest absolute Gasteiger partial charge is 0.448 e. The number of hydrogen-bond acceptors (Lipinski definition) is 4. The number of hydrogen-bond donors (Lipinski definition) is 0. The number of rotatable bonds is 4. The van der Waals surface area contributed by atoms with E-state index >= 15 is 0 Å². The predicted octanol–water partition coefficient (Wildman–Crippen LogP) is 3.38. The maximum atomic E-state index is 12.1. The van der Waals surface area contributed by atoms with E-state index in [-0.39, 0.29) is 4.83 Å². The third-order valence-electron chi connectivity index (χ3n) is 3.08. The molecule has 1 heterocycles. The molecule has 1 aromatic rings. The van der Waals surface area contributed by atoms with E-state index in [0.29, 0.717) is 19.6 Å². The van der Waals surface area contributed by atoms with E-state index < -0.39 is 12.3 Å². The smallest absolute Gasteiger partial charge is 0.432 e. The first-order valence-corrected chi connectivity index (χ1v) is 7.94. The maximum Gasteiger partial charge on any atom is 0.432 e. The lowest BCUT2D eigenvalue weighted by Crippen LogP contribution is -2.46. The quantitative estimate of drug-likeness (QED) is 0.778. The molecule has 0 bridgehead atoms. The molecule has 21 heavy (non-hydrogen) atoms. The molecule has 0 saturated heterocycles. The van der Waals surface area contributed by atoms with E-state index in [1.54, 1.807) is 6.92 Å². The summed E-state index contributed by atoms with van der Waals surface area (Å²) < 4.78 is 10.7. The van der Waals surface area contributed by atoms with Gasteiger partial charge in [-0.25, -0.2) is 4.79 Å². The lowest BCUT2D eigenvalue weighted by Gasteiger charge is -2.33. The second kappa shape index (κ2) is 7.56. The van der Waals surface area contributed by atoms with Crippen LogP contribution in [0.4, 0.5) is 4.79 Å². The highest BCUT2D eigenvalue weighted by atomic mass is 79.9. The molecule has 0 N–H and O–H groups in total. The average Bonchev–Trinajstić information content (AvgIpc) is 2.49. The molecule has 2 atom stereocenters. The Hall–Kier alpha value is -1.40. The average molecular weight is 355 g/mol. The highest BCUT2D eigenvalue weighted by molar-refractivity contribution is 9.10. The van der Waals surface area contributed by atoms with Crippen LogP contribution < -0.4 is 0 Å². The fourth-order valence-corrected chi connectivity index (χ4v) is 2.83. The van der Waals surface area contributed by atoms with Gasteiger partial charge < -0.3 is 9.47 Å². The van der Waals surface area contributed by atoms with Crippen LogP contribution in [0.3, 0.4) is 0 Å². The summed E-state index contributed by atoms with van der Waals surface area (Å²) in [4.78, 5) is 12.1. The van der Waals surface area contributed by atoms with Crippen molar-refractivity contribution in [2.45, 2.75) is 31.3 Å². The highest BCUT2D eigenvalue weighted by Gasteiger charge is 2.34. The van der Waals surface area contributed by atoms with Gasteiger partial charge in [-0.05, 0) is 19.4 Å². The van der Waals surface area contributed by atoms with Crippen molar-refractivity contribution in [2.24, 2.45) is 5.10 Å². The highest BCUT2D eigenvalue weighted by Crippen LogP contribution is 2.26. The number of amides is 1. The van der Waals surface area contributed by atoms with Crippen LogP contribution >= 0.6 is 15.9 Å². The van der Waals surface area contributed by atoms with Crippen LogP contribution in [0.2, 0.25) is 0 Å². The fourth-order valence-electron chi connectivity index (χ4n) is 2.16. The first-order chi connectivity index (χ1) is 10.2. The Balaban J connectivity index is 2.32. The van der Waals surface area contributed by atoms with Gasteiger partial charge in [-0.2, -0.15) is 10.1 Å². The Kier molecular flexibility index (Phi) is 5.76. The van der Waals surface area contributed by atoms with Gasteiger partial charge in [0.15, 0.2) is 6.23 Å². The molecule has 0 unspecified atom stereocenters. The second-order valence-electron chi connectivity index (χ2n) is 4.51. The van der Waals surface area contributed by atoms with Gasteiger partial charge in [0.05, 0.1) is 17.1 Å². The Morgan fingerprint density at radius 3 is 2.67 bits per heavy atom. The summed E-state index contributed by atoms with van der Waals surface area (Å²) in [6, 6.07) is 9.78. The van der Waals surface area contributed by atoms with Crippen molar-refractivity contribution in [3.63, 3.8) is 0 Å². The van der Waals surface area contributed by atoms with Gasteiger partial charge in [0, 0.05) is 13.0 Å². The molecule has 5 nitrogen and oxygen atoms in total. The maximum absolute atomic E-state index is 12.1. The lowest BCUT2D eigenvalue weighted by atomic mass is 10.0. The van der Waals surface area contributed by atoms with Gasteiger partial charge in [0.1, 0.15) is 0 Å². The molecule has 0 fully saturated rings. The summed E-state index contributed by atoms with van der Waals surface area (Å²) in [6.07, 6.45) is -0.268. The number of halogens is 1. The molecule has 0 aromatic heterocycles. The van der Waals surface area contributed by atoms with E-state index in [0.717, 1.165) is 11.3 Å². The molecule has 6 heteroatoms. The van der Waals surface area contributed by atoms with Crippen molar-refractivity contribution in [3.05, 3.63) is 35.9 Å². The zero-order valence-corrected chi connectivity index (χ0v) is 13.7. The van der Waals surface area contributed by atoms with Crippen molar-refractivity contribution >= 4 is 27.7 Å². The first kappa shape index (κ1) is 16.0. The number of benzene rings is 1. The van der Waals surface area contributed by atoms with Crippen LogP contribution in [0.5, 0.6) is 0 Å². The third kappa shape index (κ3) is 3.83. The first-order valence-electron chi connectivity index (χ1n) is 7.03. The Bertz CT molecular complexity index is 507. The zero-order chi connectivity index (χ0) is 15.2. The summed E-state index contributed by atoms with van der Waals surface area (Å²) in [5, 5.41) is 5.75. The Labute approximate surface area is 133 Å². The zero-order valence-electron chi connectivity index (χ0n) is 12.2. The van der Waals surface area contributed by atoms with Crippen LogP contribution in [0.25, 0.3) is 0 Å². The Morgan fingerprint density at radius 1 is 1.33 bits per heavy atom. The van der Waals surface area contributed by atoms with Crippen molar-refractivity contribution in [1.82, 2.24) is 5.01 Å². The summed E-state index contributed by atoms with van der Waals surface area (Å²) in [7, 11) is 0. The molecule has 114 valence electrons. The molecule has 0 radical (unpaired) electrons. The van der Waals surface area contributed by atoms with Gasteiger partial charge in [-0.1, -0.05) is 46.3 Å². The van der Waals surface area contributed by atoms with E-state index in [2.05, 4.69) is 21.0 Å². The molecular formula is C15H19BrN2O3. The van der Waals surface area contributed by atoms with Crippen molar-refractivity contribution < 1.29 is 14.3 Å². The van der Waals surface area contributed by atoms with Crippen LogP contribution in [0.1, 0.15) is 25.8 Å². The molecule has 0 spiro atoms. The van der Waals surface area contributed by atoms with Crippen LogP contribution in [0.15, 0.2) is 35.4 Å². The molecule has 0 saturated carbocycles. The number of nitrogens with zero attached hydrogens (tertiary/aromatic N) is 2. The fraction of sp³-hybridized carbons (Fsp3) is 0.467. The van der Waals surface area contributed by atoms with E-state index in [4.69, 9.17) is 9.47 Å². The van der Waals surface area contributed by atoms with Gasteiger partial charge >= 0.3 is 6.09 Å². The van der Waals surface area contributed by atoms with Crippen LogP contribution in [-0.2, 0) is 9.47 Å². The van der Waals surface area contributed by atoms with Gasteiger partial charge in [0.25, 0.3) is 0 Å². The number of hydrazone groups is 1.